The van der Waals surface area contributed by atoms with E-state index in [1.165, 1.54) is 5.54 Å². The number of rotatable bonds is 2. The molecule has 0 fully saturated rings. The monoisotopic (exact) mass is 168 g/mol. The molecule has 1 nitrogen and oxygen atoms in total. The fraction of sp³-hybridized carbons (Fsp3) is 0.111. The van der Waals surface area contributed by atoms with Gasteiger partial charge in [-0.2, -0.15) is 0 Å². The lowest BCUT2D eigenvalue weighted by Gasteiger charge is -1.97. The van der Waals surface area contributed by atoms with Crippen LogP contribution in [-0.2, 0) is 0 Å². The Morgan fingerprint density at radius 2 is 1.91 bits per heavy atom. The molecule has 1 rings (SSSR count). The maximum Gasteiger partial charge on any atom is 0.118 e. The van der Waals surface area contributed by atoms with Crippen molar-refractivity contribution < 1.29 is 4.74 Å². The quantitative estimate of drug-likeness (QED) is 0.660. The highest BCUT2D eigenvalue weighted by molar-refractivity contribution is 6.27. The molecule has 2 heteroatoms. The second-order valence-corrected chi connectivity index (χ2v) is 2.32. The predicted octanol–water partition coefficient (Wildman–Crippen LogP) is 2.90. The summed E-state index contributed by atoms with van der Waals surface area (Å²) in [7, 11) is 1.65. The molecule has 0 radical (unpaired) electrons. The fourth-order valence-corrected chi connectivity index (χ4v) is 0.933. The van der Waals surface area contributed by atoms with Crippen molar-refractivity contribution in [1.29, 1.82) is 0 Å². The zero-order valence-corrected chi connectivity index (χ0v) is 7.01. The molecule has 0 unspecified atom stereocenters. The van der Waals surface area contributed by atoms with E-state index in [0.29, 0.717) is 0 Å². The van der Waals surface area contributed by atoms with E-state index < -0.39 is 0 Å². The highest BCUT2D eigenvalue weighted by atomic mass is 35.5. The highest BCUT2D eigenvalue weighted by Gasteiger charge is 1.88. The summed E-state index contributed by atoms with van der Waals surface area (Å²) in [5, 5.41) is 0. The standard InChI is InChI=1S/C9H9ClO/c1-11-9-4-2-8(3-5-9)6-7-10/h2-7H,1H3/b7-6+. The van der Waals surface area contributed by atoms with E-state index in [1.54, 1.807) is 7.11 Å². The Bertz CT molecular complexity index is 238. The molecule has 0 N–H and O–H groups in total. The molecule has 58 valence electrons. The van der Waals surface area contributed by atoms with Gasteiger partial charge < -0.3 is 4.74 Å². The van der Waals surface area contributed by atoms with E-state index in [9.17, 15) is 0 Å². The zero-order valence-electron chi connectivity index (χ0n) is 6.25. The summed E-state index contributed by atoms with van der Waals surface area (Å²) in [5.41, 5.74) is 2.56. The van der Waals surface area contributed by atoms with Gasteiger partial charge in [0, 0.05) is 5.54 Å². The summed E-state index contributed by atoms with van der Waals surface area (Å²) < 4.78 is 4.99. The molecule has 0 atom stereocenters. The summed E-state index contributed by atoms with van der Waals surface area (Å²) in [6.45, 7) is 0. The summed E-state index contributed by atoms with van der Waals surface area (Å²) in [6.07, 6.45) is 1.82. The van der Waals surface area contributed by atoms with E-state index >= 15 is 0 Å². The molecule has 0 spiro atoms. The predicted molar refractivity (Wildman–Crippen MR) is 47.9 cm³/mol. The van der Waals surface area contributed by atoms with Crippen LogP contribution in [0.5, 0.6) is 5.75 Å². The molecule has 11 heavy (non-hydrogen) atoms. The maximum atomic E-state index is 5.40. The molecule has 0 saturated heterocycles. The summed E-state index contributed by atoms with van der Waals surface area (Å²) >= 11 is 5.40. The van der Waals surface area contributed by atoms with Gasteiger partial charge in [0.15, 0.2) is 0 Å². The van der Waals surface area contributed by atoms with Gasteiger partial charge >= 0.3 is 0 Å². The van der Waals surface area contributed by atoms with E-state index in [2.05, 4.69) is 0 Å². The lowest BCUT2D eigenvalue weighted by Crippen LogP contribution is -1.80. The minimum Gasteiger partial charge on any atom is -0.497 e. The molecular formula is C9H9ClO. The van der Waals surface area contributed by atoms with Gasteiger partial charge in [0.1, 0.15) is 5.75 Å². The molecule has 0 saturated carbocycles. The third-order valence-electron chi connectivity index (χ3n) is 1.37. The van der Waals surface area contributed by atoms with Crippen molar-refractivity contribution in [2.45, 2.75) is 0 Å². The van der Waals surface area contributed by atoms with Crippen LogP contribution in [0.3, 0.4) is 0 Å². The smallest absolute Gasteiger partial charge is 0.118 e. The molecule has 1 aromatic carbocycles. The van der Waals surface area contributed by atoms with Gasteiger partial charge in [0.05, 0.1) is 7.11 Å². The van der Waals surface area contributed by atoms with Crippen molar-refractivity contribution in [2.75, 3.05) is 7.11 Å². The van der Waals surface area contributed by atoms with Crippen LogP contribution in [0.2, 0.25) is 0 Å². The first-order valence-corrected chi connectivity index (χ1v) is 3.71. The molecule has 0 aliphatic carbocycles. The second-order valence-electron chi connectivity index (χ2n) is 2.07. The van der Waals surface area contributed by atoms with E-state index in [1.807, 2.05) is 30.3 Å². The Labute approximate surface area is 71.3 Å². The summed E-state index contributed by atoms with van der Waals surface area (Å²) in [4.78, 5) is 0. The fourth-order valence-electron chi connectivity index (χ4n) is 0.788. The normalized spacial score (nSPS) is 10.4. The number of methoxy groups -OCH3 is 1. The third kappa shape index (κ3) is 2.28. The number of ether oxygens (including phenoxy) is 1. The molecule has 0 amide bonds. The topological polar surface area (TPSA) is 9.23 Å². The number of halogens is 1. The van der Waals surface area contributed by atoms with Crippen LogP contribution in [0, 0.1) is 0 Å². The van der Waals surface area contributed by atoms with Crippen LogP contribution in [-0.4, -0.2) is 7.11 Å². The van der Waals surface area contributed by atoms with Crippen LogP contribution in [0.15, 0.2) is 29.8 Å². The van der Waals surface area contributed by atoms with Crippen LogP contribution in [0.4, 0.5) is 0 Å². The van der Waals surface area contributed by atoms with Gasteiger partial charge in [-0.1, -0.05) is 23.7 Å². The number of benzene rings is 1. The van der Waals surface area contributed by atoms with Crippen LogP contribution >= 0.6 is 11.6 Å². The number of hydrogen-bond donors (Lipinski definition) is 0. The molecule has 0 aliphatic rings. The van der Waals surface area contributed by atoms with Gasteiger partial charge in [-0.05, 0) is 23.8 Å². The van der Waals surface area contributed by atoms with Crippen LogP contribution in [0.1, 0.15) is 5.56 Å². The zero-order chi connectivity index (χ0) is 8.10. The van der Waals surface area contributed by atoms with Gasteiger partial charge in [-0.15, -0.1) is 0 Å². The first-order chi connectivity index (χ1) is 5.36. The Morgan fingerprint density at radius 1 is 1.27 bits per heavy atom. The van der Waals surface area contributed by atoms with Crippen molar-refractivity contribution in [1.82, 2.24) is 0 Å². The minimum absolute atomic E-state index is 0.858. The number of hydrogen-bond acceptors (Lipinski definition) is 1. The highest BCUT2D eigenvalue weighted by Crippen LogP contribution is 2.12. The average molecular weight is 169 g/mol. The minimum atomic E-state index is 0.858. The van der Waals surface area contributed by atoms with E-state index in [4.69, 9.17) is 16.3 Å². The molecular weight excluding hydrogens is 160 g/mol. The maximum absolute atomic E-state index is 5.40. The van der Waals surface area contributed by atoms with Crippen molar-refractivity contribution >= 4 is 17.7 Å². The Balaban J connectivity index is 2.82. The molecule has 0 aliphatic heterocycles. The Kier molecular flexibility index (Phi) is 2.99. The van der Waals surface area contributed by atoms with Crippen molar-refractivity contribution in [2.24, 2.45) is 0 Å². The van der Waals surface area contributed by atoms with Gasteiger partial charge in [0.25, 0.3) is 0 Å². The van der Waals surface area contributed by atoms with E-state index in [0.717, 1.165) is 11.3 Å². The molecule has 1 aromatic rings. The van der Waals surface area contributed by atoms with Crippen molar-refractivity contribution in [3.63, 3.8) is 0 Å². The van der Waals surface area contributed by atoms with Crippen molar-refractivity contribution in [3.8, 4) is 5.75 Å². The summed E-state index contributed by atoms with van der Waals surface area (Å²) in [5.74, 6) is 0.858. The van der Waals surface area contributed by atoms with E-state index in [-0.39, 0.29) is 0 Å². The molecule has 0 heterocycles. The first-order valence-electron chi connectivity index (χ1n) is 3.27. The summed E-state index contributed by atoms with van der Waals surface area (Å²) in [6, 6.07) is 7.67. The Hall–Kier alpha value is -0.950. The Morgan fingerprint density at radius 3 is 2.36 bits per heavy atom. The third-order valence-corrected chi connectivity index (χ3v) is 1.50. The lowest BCUT2D eigenvalue weighted by atomic mass is 10.2. The first kappa shape index (κ1) is 8.15. The molecule has 0 bridgehead atoms. The van der Waals surface area contributed by atoms with Crippen molar-refractivity contribution in [3.05, 3.63) is 35.4 Å². The largest absolute Gasteiger partial charge is 0.497 e. The van der Waals surface area contributed by atoms with Crippen LogP contribution in [0.25, 0.3) is 6.08 Å². The second kappa shape index (κ2) is 4.04. The average Bonchev–Trinajstić information content (AvgIpc) is 2.07. The lowest BCUT2D eigenvalue weighted by molar-refractivity contribution is 0.415. The van der Waals surface area contributed by atoms with Gasteiger partial charge in [-0.3, -0.25) is 0 Å². The van der Waals surface area contributed by atoms with Gasteiger partial charge in [0.2, 0.25) is 0 Å². The SMILES string of the molecule is COc1ccc(/C=C/Cl)cc1. The molecule has 0 aromatic heterocycles. The van der Waals surface area contributed by atoms with Gasteiger partial charge in [-0.25, -0.2) is 0 Å². The van der Waals surface area contributed by atoms with Crippen LogP contribution < -0.4 is 4.74 Å².